The highest BCUT2D eigenvalue weighted by Gasteiger charge is 2.24. The van der Waals surface area contributed by atoms with Crippen LogP contribution in [0, 0.1) is 0 Å². The van der Waals surface area contributed by atoms with Gasteiger partial charge in [-0.05, 0) is 33.6 Å². The van der Waals surface area contributed by atoms with Gasteiger partial charge in [-0.1, -0.05) is 12.8 Å². The van der Waals surface area contributed by atoms with Crippen LogP contribution in [0.5, 0.6) is 0 Å². The summed E-state index contributed by atoms with van der Waals surface area (Å²) in [5.41, 5.74) is 0.540. The first-order chi connectivity index (χ1) is 9.36. The average Bonchev–Trinajstić information content (AvgIpc) is 2.80. The summed E-state index contributed by atoms with van der Waals surface area (Å²) in [5, 5.41) is 19.6. The number of anilines is 1. The molecule has 0 bridgehead atoms. The number of aliphatic hydroxyl groups is 1. The minimum atomic E-state index is -0.438. The maximum atomic E-state index is 11.9. The van der Waals surface area contributed by atoms with E-state index in [2.05, 4.69) is 15.7 Å². The highest BCUT2D eigenvalue weighted by molar-refractivity contribution is 5.89. The lowest BCUT2D eigenvalue weighted by atomic mass is 9.93. The molecular weight excluding hydrogens is 256 g/mol. The minimum absolute atomic E-state index is 0.115. The molecule has 112 valence electrons. The van der Waals surface area contributed by atoms with Gasteiger partial charge in [-0.15, -0.1) is 0 Å². The van der Waals surface area contributed by atoms with Crippen molar-refractivity contribution in [3.8, 4) is 0 Å². The zero-order valence-electron chi connectivity index (χ0n) is 12.4. The van der Waals surface area contributed by atoms with Gasteiger partial charge in [-0.3, -0.25) is 4.68 Å². The molecule has 2 rings (SSSR count). The molecule has 0 aliphatic heterocycles. The SMILES string of the molecule is CC(C)(C)n1cc(NC(=O)N[C@H]2CCCC[C@@H]2O)cn1. The summed E-state index contributed by atoms with van der Waals surface area (Å²) in [6.07, 6.45) is 6.65. The molecule has 1 aliphatic carbocycles. The Labute approximate surface area is 119 Å². The third-order valence-electron chi connectivity index (χ3n) is 3.57. The molecule has 1 heterocycles. The third-order valence-corrected chi connectivity index (χ3v) is 3.57. The zero-order chi connectivity index (χ0) is 14.8. The van der Waals surface area contributed by atoms with E-state index in [4.69, 9.17) is 0 Å². The third kappa shape index (κ3) is 3.72. The molecule has 0 saturated heterocycles. The maximum absolute atomic E-state index is 11.9. The predicted molar refractivity (Wildman–Crippen MR) is 77.6 cm³/mol. The van der Waals surface area contributed by atoms with E-state index in [9.17, 15) is 9.90 Å². The average molecular weight is 280 g/mol. The predicted octanol–water partition coefficient (Wildman–Crippen LogP) is 2.06. The van der Waals surface area contributed by atoms with Crippen molar-refractivity contribution >= 4 is 11.7 Å². The lowest BCUT2D eigenvalue weighted by Crippen LogP contribution is -2.46. The summed E-state index contributed by atoms with van der Waals surface area (Å²) in [6.45, 7) is 6.13. The quantitative estimate of drug-likeness (QED) is 0.776. The number of amides is 2. The van der Waals surface area contributed by atoms with Gasteiger partial charge in [-0.2, -0.15) is 5.10 Å². The van der Waals surface area contributed by atoms with Crippen molar-refractivity contribution in [2.24, 2.45) is 0 Å². The Hall–Kier alpha value is -1.56. The Kier molecular flexibility index (Phi) is 4.32. The fourth-order valence-corrected chi connectivity index (χ4v) is 2.37. The largest absolute Gasteiger partial charge is 0.391 e. The van der Waals surface area contributed by atoms with E-state index < -0.39 is 6.10 Å². The number of aromatic nitrogens is 2. The van der Waals surface area contributed by atoms with Crippen LogP contribution in [0.3, 0.4) is 0 Å². The van der Waals surface area contributed by atoms with Gasteiger partial charge in [0, 0.05) is 6.20 Å². The first-order valence-corrected chi connectivity index (χ1v) is 7.17. The van der Waals surface area contributed by atoms with E-state index in [1.807, 2.05) is 20.8 Å². The summed E-state index contributed by atoms with van der Waals surface area (Å²) in [4.78, 5) is 11.9. The molecule has 2 atom stereocenters. The van der Waals surface area contributed by atoms with E-state index in [1.54, 1.807) is 17.1 Å². The standard InChI is InChI=1S/C14H24N4O2/c1-14(2,3)18-9-10(8-15-18)16-13(20)17-11-6-4-5-7-12(11)19/h8-9,11-12,19H,4-7H2,1-3H3,(H2,16,17,20)/t11-,12-/m0/s1. The number of hydrogen-bond donors (Lipinski definition) is 3. The van der Waals surface area contributed by atoms with Crippen molar-refractivity contribution in [1.82, 2.24) is 15.1 Å². The smallest absolute Gasteiger partial charge is 0.319 e. The number of aliphatic hydroxyl groups excluding tert-OH is 1. The molecule has 1 aliphatic rings. The van der Waals surface area contributed by atoms with Gasteiger partial charge >= 0.3 is 6.03 Å². The number of urea groups is 1. The van der Waals surface area contributed by atoms with Gasteiger partial charge in [0.1, 0.15) is 0 Å². The summed E-state index contributed by atoms with van der Waals surface area (Å²) < 4.78 is 1.80. The Morgan fingerprint density at radius 3 is 2.70 bits per heavy atom. The van der Waals surface area contributed by atoms with Gasteiger partial charge in [0.05, 0.1) is 29.6 Å². The molecular formula is C14H24N4O2. The lowest BCUT2D eigenvalue weighted by Gasteiger charge is -2.28. The molecule has 1 fully saturated rings. The fourth-order valence-electron chi connectivity index (χ4n) is 2.37. The highest BCUT2D eigenvalue weighted by atomic mass is 16.3. The second-order valence-corrected chi connectivity index (χ2v) is 6.40. The molecule has 6 nitrogen and oxygen atoms in total. The number of nitrogens with zero attached hydrogens (tertiary/aromatic N) is 2. The Morgan fingerprint density at radius 2 is 2.10 bits per heavy atom. The molecule has 20 heavy (non-hydrogen) atoms. The molecule has 6 heteroatoms. The fraction of sp³-hybridized carbons (Fsp3) is 0.714. The molecule has 0 spiro atoms. The number of nitrogens with one attached hydrogen (secondary N) is 2. The van der Waals surface area contributed by atoms with Gasteiger partial charge in [0.2, 0.25) is 0 Å². The molecule has 0 unspecified atom stereocenters. The summed E-state index contributed by atoms with van der Waals surface area (Å²) in [6, 6.07) is -0.439. The molecule has 1 aromatic rings. The molecule has 3 N–H and O–H groups in total. The Balaban J connectivity index is 1.89. The zero-order valence-corrected chi connectivity index (χ0v) is 12.4. The second-order valence-electron chi connectivity index (χ2n) is 6.40. The molecule has 2 amide bonds. The van der Waals surface area contributed by atoms with Crippen LogP contribution in [-0.4, -0.2) is 33.1 Å². The topological polar surface area (TPSA) is 79.2 Å². The van der Waals surface area contributed by atoms with E-state index in [0.717, 1.165) is 25.7 Å². The number of carbonyl (C=O) groups is 1. The number of rotatable bonds is 2. The van der Waals surface area contributed by atoms with Crippen LogP contribution in [0.4, 0.5) is 10.5 Å². The molecule has 1 aromatic heterocycles. The summed E-state index contributed by atoms with van der Waals surface area (Å²) >= 11 is 0. The van der Waals surface area contributed by atoms with Crippen molar-refractivity contribution in [2.75, 3.05) is 5.32 Å². The van der Waals surface area contributed by atoms with Crippen molar-refractivity contribution in [3.63, 3.8) is 0 Å². The first-order valence-electron chi connectivity index (χ1n) is 7.17. The van der Waals surface area contributed by atoms with Gasteiger partial charge in [0.15, 0.2) is 0 Å². The van der Waals surface area contributed by atoms with Crippen molar-refractivity contribution in [2.45, 2.75) is 64.1 Å². The second kappa shape index (κ2) is 5.83. The number of carbonyl (C=O) groups excluding carboxylic acids is 1. The lowest BCUT2D eigenvalue weighted by molar-refractivity contribution is 0.0955. The summed E-state index contributed by atoms with van der Waals surface area (Å²) in [5.74, 6) is 0. The van der Waals surface area contributed by atoms with Crippen LogP contribution in [0.15, 0.2) is 12.4 Å². The highest BCUT2D eigenvalue weighted by Crippen LogP contribution is 2.19. The Bertz CT molecular complexity index is 464. The molecule has 1 saturated carbocycles. The van der Waals surface area contributed by atoms with Crippen molar-refractivity contribution in [1.29, 1.82) is 0 Å². The molecule has 0 aromatic carbocycles. The van der Waals surface area contributed by atoms with Crippen LogP contribution in [-0.2, 0) is 5.54 Å². The first kappa shape index (κ1) is 14.8. The van der Waals surface area contributed by atoms with E-state index >= 15 is 0 Å². The van der Waals surface area contributed by atoms with Gasteiger partial charge in [0.25, 0.3) is 0 Å². The van der Waals surface area contributed by atoms with Crippen molar-refractivity contribution in [3.05, 3.63) is 12.4 Å². The van der Waals surface area contributed by atoms with Crippen LogP contribution < -0.4 is 10.6 Å². The van der Waals surface area contributed by atoms with Gasteiger partial charge in [-0.25, -0.2) is 4.79 Å². The van der Waals surface area contributed by atoms with E-state index in [-0.39, 0.29) is 17.6 Å². The Morgan fingerprint density at radius 1 is 1.40 bits per heavy atom. The van der Waals surface area contributed by atoms with Gasteiger partial charge < -0.3 is 15.7 Å². The van der Waals surface area contributed by atoms with Crippen LogP contribution in [0.25, 0.3) is 0 Å². The normalized spacial score (nSPS) is 23.4. The van der Waals surface area contributed by atoms with Crippen LogP contribution >= 0.6 is 0 Å². The minimum Gasteiger partial charge on any atom is -0.391 e. The van der Waals surface area contributed by atoms with Crippen molar-refractivity contribution < 1.29 is 9.90 Å². The number of hydrogen-bond acceptors (Lipinski definition) is 3. The summed E-state index contributed by atoms with van der Waals surface area (Å²) in [7, 11) is 0. The van der Waals surface area contributed by atoms with Crippen LogP contribution in [0.2, 0.25) is 0 Å². The maximum Gasteiger partial charge on any atom is 0.319 e. The van der Waals surface area contributed by atoms with Crippen LogP contribution in [0.1, 0.15) is 46.5 Å². The monoisotopic (exact) mass is 280 g/mol. The van der Waals surface area contributed by atoms with E-state index in [1.165, 1.54) is 0 Å². The molecule has 0 radical (unpaired) electrons. The van der Waals surface area contributed by atoms with E-state index in [0.29, 0.717) is 5.69 Å².